The number of esters is 3. The molecule has 0 aliphatic carbocycles. The van der Waals surface area contributed by atoms with E-state index in [-0.39, 0.29) is 31.1 Å². The van der Waals surface area contributed by atoms with Gasteiger partial charge in [-0.3, -0.25) is 14.4 Å². The lowest BCUT2D eigenvalue weighted by Crippen LogP contribution is -2.30. The standard InChI is InChI=1S/C65H110O6/c1-4-7-10-13-16-19-22-25-28-30-32-34-37-40-43-46-49-52-55-58-64(67)70-61-62(60-69-63(66)57-54-51-48-45-42-39-36-27-24-21-18-15-12-9-6-3)71-65(68)59-56-53-50-47-44-41-38-35-33-31-29-26-23-20-17-14-11-8-5-2/h7,10,16-17,19-21,24-26,28-29,32,34,40,43,62H,4-6,8-9,11-15,18,22-23,27,30-31,33,35-39,41-42,44-61H2,1-3H3/b10-7-,19-16-,20-17-,24-21-,28-25-,29-26-,34-32-,43-40-/t62-/m0/s1. The largest absolute Gasteiger partial charge is 0.462 e. The van der Waals surface area contributed by atoms with Crippen LogP contribution in [0.3, 0.4) is 0 Å². The van der Waals surface area contributed by atoms with E-state index in [2.05, 4.69) is 118 Å². The summed E-state index contributed by atoms with van der Waals surface area (Å²) in [6, 6.07) is 0. The normalized spacial score (nSPS) is 12.8. The van der Waals surface area contributed by atoms with Gasteiger partial charge >= 0.3 is 17.9 Å². The molecular formula is C65H110O6. The number of hydrogen-bond donors (Lipinski definition) is 0. The van der Waals surface area contributed by atoms with Gasteiger partial charge in [0.25, 0.3) is 0 Å². The third-order valence-corrected chi connectivity index (χ3v) is 12.5. The van der Waals surface area contributed by atoms with Crippen molar-refractivity contribution in [1.29, 1.82) is 0 Å². The Morgan fingerprint density at radius 1 is 0.296 bits per heavy atom. The van der Waals surface area contributed by atoms with Gasteiger partial charge in [-0.1, -0.05) is 234 Å². The van der Waals surface area contributed by atoms with E-state index >= 15 is 0 Å². The molecule has 0 aromatic carbocycles. The second-order valence-corrected chi connectivity index (χ2v) is 19.5. The molecule has 0 heterocycles. The zero-order valence-corrected chi connectivity index (χ0v) is 46.5. The van der Waals surface area contributed by atoms with Crippen molar-refractivity contribution in [2.24, 2.45) is 0 Å². The van der Waals surface area contributed by atoms with Crippen LogP contribution in [0.4, 0.5) is 0 Å². The summed E-state index contributed by atoms with van der Waals surface area (Å²) < 4.78 is 16.9. The van der Waals surface area contributed by atoms with Gasteiger partial charge in [0, 0.05) is 19.3 Å². The molecular weight excluding hydrogens is 877 g/mol. The van der Waals surface area contributed by atoms with Crippen LogP contribution in [0, 0.1) is 0 Å². The first-order valence-corrected chi connectivity index (χ1v) is 29.7. The maximum absolute atomic E-state index is 12.9. The Balaban J connectivity index is 4.46. The Bertz CT molecular complexity index is 1410. The molecule has 406 valence electrons. The van der Waals surface area contributed by atoms with Crippen LogP contribution in [0.1, 0.15) is 278 Å². The Kier molecular flexibility index (Phi) is 55.9. The van der Waals surface area contributed by atoms with Gasteiger partial charge in [-0.25, -0.2) is 0 Å². The summed E-state index contributed by atoms with van der Waals surface area (Å²) in [6.45, 7) is 6.47. The van der Waals surface area contributed by atoms with E-state index in [1.54, 1.807) is 0 Å². The van der Waals surface area contributed by atoms with Crippen molar-refractivity contribution in [2.45, 2.75) is 284 Å². The SMILES string of the molecule is CC/C=C\C/C=C\C/C=C\C/C=C\C/C=C\CCCCCC(=O)OC[C@H](COC(=O)CCCCCCCCC/C=C\CCCCCC)OC(=O)CCCCCCCCCCC/C=C\C/C=C\CCCCC. The quantitative estimate of drug-likeness (QED) is 0.0261. The third kappa shape index (κ3) is 57.1. The molecule has 0 aromatic heterocycles. The maximum Gasteiger partial charge on any atom is 0.306 e. The Hall–Kier alpha value is -3.67. The Labute approximate surface area is 438 Å². The van der Waals surface area contributed by atoms with Crippen molar-refractivity contribution >= 4 is 17.9 Å². The lowest BCUT2D eigenvalue weighted by Gasteiger charge is -2.18. The lowest BCUT2D eigenvalue weighted by molar-refractivity contribution is -0.167. The molecule has 6 nitrogen and oxygen atoms in total. The summed E-state index contributed by atoms with van der Waals surface area (Å²) in [5.74, 6) is -0.929. The van der Waals surface area contributed by atoms with Crippen LogP contribution in [0.5, 0.6) is 0 Å². The second-order valence-electron chi connectivity index (χ2n) is 19.5. The van der Waals surface area contributed by atoms with Crippen LogP contribution in [0.25, 0.3) is 0 Å². The molecule has 0 spiro atoms. The molecule has 1 atom stereocenters. The predicted octanol–water partition coefficient (Wildman–Crippen LogP) is 20.1. The monoisotopic (exact) mass is 987 g/mol. The molecule has 71 heavy (non-hydrogen) atoms. The number of carbonyl (C=O) groups is 3. The van der Waals surface area contributed by atoms with E-state index in [1.807, 2.05) is 0 Å². The predicted molar refractivity (Wildman–Crippen MR) is 307 cm³/mol. The molecule has 0 radical (unpaired) electrons. The maximum atomic E-state index is 12.9. The summed E-state index contributed by atoms with van der Waals surface area (Å²) in [5, 5.41) is 0. The van der Waals surface area contributed by atoms with Crippen molar-refractivity contribution in [3.63, 3.8) is 0 Å². The minimum Gasteiger partial charge on any atom is -0.462 e. The van der Waals surface area contributed by atoms with Gasteiger partial charge in [0.1, 0.15) is 13.2 Å². The van der Waals surface area contributed by atoms with Gasteiger partial charge in [0.2, 0.25) is 0 Å². The zero-order chi connectivity index (χ0) is 51.4. The van der Waals surface area contributed by atoms with E-state index in [9.17, 15) is 14.4 Å². The highest BCUT2D eigenvalue weighted by atomic mass is 16.6. The minimum absolute atomic E-state index is 0.0922. The molecule has 0 unspecified atom stereocenters. The molecule has 0 aromatic rings. The summed E-state index contributed by atoms with van der Waals surface area (Å²) in [6.07, 6.45) is 78.2. The number of rotatable bonds is 53. The van der Waals surface area contributed by atoms with Crippen LogP contribution in [-0.4, -0.2) is 37.2 Å². The fraction of sp³-hybridized carbons (Fsp3) is 0.708. The number of allylic oxidation sites excluding steroid dienone is 16. The third-order valence-electron chi connectivity index (χ3n) is 12.5. The first-order valence-electron chi connectivity index (χ1n) is 29.7. The van der Waals surface area contributed by atoms with Crippen LogP contribution in [0.2, 0.25) is 0 Å². The van der Waals surface area contributed by atoms with Gasteiger partial charge in [-0.05, 0) is 122 Å². The molecule has 0 saturated heterocycles. The highest BCUT2D eigenvalue weighted by molar-refractivity contribution is 5.71. The Morgan fingerprint density at radius 2 is 0.549 bits per heavy atom. The molecule has 0 fully saturated rings. The zero-order valence-electron chi connectivity index (χ0n) is 46.5. The molecule has 0 amide bonds. The van der Waals surface area contributed by atoms with Gasteiger partial charge in [-0.2, -0.15) is 0 Å². The molecule has 0 saturated carbocycles. The molecule has 0 aliphatic heterocycles. The van der Waals surface area contributed by atoms with Gasteiger partial charge < -0.3 is 14.2 Å². The van der Waals surface area contributed by atoms with Crippen LogP contribution in [0.15, 0.2) is 97.2 Å². The Morgan fingerprint density at radius 3 is 0.915 bits per heavy atom. The highest BCUT2D eigenvalue weighted by Crippen LogP contribution is 2.15. The highest BCUT2D eigenvalue weighted by Gasteiger charge is 2.19. The first kappa shape index (κ1) is 67.3. The fourth-order valence-electron chi connectivity index (χ4n) is 8.08. The molecule has 0 bridgehead atoms. The van der Waals surface area contributed by atoms with Gasteiger partial charge in [-0.15, -0.1) is 0 Å². The minimum atomic E-state index is -0.797. The smallest absolute Gasteiger partial charge is 0.306 e. The van der Waals surface area contributed by atoms with Crippen molar-refractivity contribution in [1.82, 2.24) is 0 Å². The molecule has 0 N–H and O–H groups in total. The first-order chi connectivity index (χ1) is 35.0. The summed E-state index contributed by atoms with van der Waals surface area (Å²) in [4.78, 5) is 38.2. The van der Waals surface area contributed by atoms with Crippen LogP contribution < -0.4 is 0 Å². The molecule has 0 rings (SSSR count). The van der Waals surface area contributed by atoms with Crippen molar-refractivity contribution in [3.05, 3.63) is 97.2 Å². The van der Waals surface area contributed by atoms with E-state index in [1.165, 1.54) is 135 Å². The summed E-state index contributed by atoms with van der Waals surface area (Å²) in [7, 11) is 0. The van der Waals surface area contributed by atoms with Gasteiger partial charge in [0.15, 0.2) is 6.10 Å². The topological polar surface area (TPSA) is 78.9 Å². The van der Waals surface area contributed by atoms with Crippen molar-refractivity contribution in [2.75, 3.05) is 13.2 Å². The number of unbranched alkanes of at least 4 members (excludes halogenated alkanes) is 26. The van der Waals surface area contributed by atoms with E-state index in [0.29, 0.717) is 19.3 Å². The lowest BCUT2D eigenvalue weighted by atomic mass is 10.1. The number of hydrogen-bond acceptors (Lipinski definition) is 6. The average Bonchev–Trinajstić information content (AvgIpc) is 3.37. The van der Waals surface area contributed by atoms with Crippen molar-refractivity contribution in [3.8, 4) is 0 Å². The van der Waals surface area contributed by atoms with Crippen molar-refractivity contribution < 1.29 is 28.6 Å². The summed E-state index contributed by atoms with van der Waals surface area (Å²) in [5.41, 5.74) is 0. The molecule has 6 heteroatoms. The van der Waals surface area contributed by atoms with E-state index in [4.69, 9.17) is 14.2 Å². The van der Waals surface area contributed by atoms with E-state index < -0.39 is 6.10 Å². The number of carbonyl (C=O) groups excluding carboxylic acids is 3. The average molecular weight is 988 g/mol. The van der Waals surface area contributed by atoms with E-state index in [0.717, 1.165) is 103 Å². The fourth-order valence-corrected chi connectivity index (χ4v) is 8.08. The number of ether oxygens (including phenoxy) is 3. The molecule has 0 aliphatic rings. The van der Waals surface area contributed by atoms with Crippen LogP contribution >= 0.6 is 0 Å². The summed E-state index contributed by atoms with van der Waals surface area (Å²) >= 11 is 0. The van der Waals surface area contributed by atoms with Crippen LogP contribution in [-0.2, 0) is 28.6 Å². The van der Waals surface area contributed by atoms with Gasteiger partial charge in [0.05, 0.1) is 0 Å². The second kappa shape index (κ2) is 58.9.